The van der Waals surface area contributed by atoms with E-state index in [2.05, 4.69) is 12.6 Å². The van der Waals surface area contributed by atoms with E-state index < -0.39 is 11.5 Å². The van der Waals surface area contributed by atoms with Crippen molar-refractivity contribution in [3.8, 4) is 0 Å². The Hall–Kier alpha value is 0.299. The van der Waals surface area contributed by atoms with Gasteiger partial charge in [0.05, 0.1) is 0 Å². The Balaban J connectivity index is 0. The molecule has 0 spiro atoms. The molecule has 10 heavy (non-hydrogen) atoms. The predicted molar refractivity (Wildman–Crippen MR) is 38.7 cm³/mol. The van der Waals surface area contributed by atoms with E-state index in [-0.39, 0.29) is 22.3 Å². The summed E-state index contributed by atoms with van der Waals surface area (Å²) < 4.78 is 0. The Morgan fingerprint density at radius 1 is 1.80 bits per heavy atom. The molecule has 0 aromatic heterocycles. The molecule has 0 aromatic carbocycles. The first kappa shape index (κ1) is 12.9. The van der Waals surface area contributed by atoms with Crippen molar-refractivity contribution in [2.45, 2.75) is 24.6 Å². The summed E-state index contributed by atoms with van der Waals surface area (Å²) in [4.78, 5) is 10.3. The van der Waals surface area contributed by atoms with E-state index in [4.69, 9.17) is 10.8 Å². The third-order valence-electron chi connectivity index (χ3n) is 1.33. The van der Waals surface area contributed by atoms with Gasteiger partial charge in [0, 0.05) is 22.3 Å². The summed E-state index contributed by atoms with van der Waals surface area (Å²) in [5.74, 6) is -1.02. The molecule has 0 aliphatic rings. The minimum absolute atomic E-state index is 0. The molecule has 0 aliphatic carbocycles. The zero-order chi connectivity index (χ0) is 7.65. The molecule has 0 saturated carbocycles. The first-order valence-electron chi connectivity index (χ1n) is 2.59. The second kappa shape index (κ2) is 4.23. The van der Waals surface area contributed by atoms with E-state index >= 15 is 0 Å². The van der Waals surface area contributed by atoms with Crippen molar-refractivity contribution >= 4 is 18.6 Å². The van der Waals surface area contributed by atoms with Crippen LogP contribution in [0.2, 0.25) is 0 Å². The molecule has 5 heteroatoms. The number of hydrogen-bond acceptors (Lipinski definition) is 3. The largest absolute Gasteiger partial charge is 0.480 e. The number of nitrogens with two attached hydrogens (primary N) is 1. The Labute approximate surface area is 76.2 Å². The van der Waals surface area contributed by atoms with Crippen LogP contribution >= 0.6 is 12.6 Å². The molecule has 0 heterocycles. The van der Waals surface area contributed by atoms with Crippen molar-refractivity contribution in [2.24, 2.45) is 5.73 Å². The second-order valence-electron chi connectivity index (χ2n) is 2.26. The molecule has 0 aliphatic heterocycles. The van der Waals surface area contributed by atoms with Gasteiger partial charge in [-0.2, -0.15) is 12.6 Å². The van der Waals surface area contributed by atoms with Crippen LogP contribution in [-0.2, 0) is 21.9 Å². The Morgan fingerprint density at radius 2 is 2.10 bits per heavy atom. The summed E-state index contributed by atoms with van der Waals surface area (Å²) >= 11 is 3.91. The molecule has 1 radical (unpaired) electrons. The summed E-state index contributed by atoms with van der Waals surface area (Å²) in [6.45, 7) is 3.09. The summed E-state index contributed by atoms with van der Waals surface area (Å²) in [6.07, 6.45) is 0. The summed E-state index contributed by atoms with van der Waals surface area (Å²) in [5, 5.41) is 8.10. The van der Waals surface area contributed by atoms with Crippen LogP contribution in [-0.4, -0.2) is 21.9 Å². The standard InChI is InChI=1S/C5H11NO2S.Cu/c1-3(9)5(2,6)4(7)8;/h3,9H,6H2,1-2H3,(H,7,8);/t3?,5-;/m0./s1. The van der Waals surface area contributed by atoms with Gasteiger partial charge in [-0.05, 0) is 6.92 Å². The molecule has 0 fully saturated rings. The van der Waals surface area contributed by atoms with Gasteiger partial charge in [0.15, 0.2) is 0 Å². The van der Waals surface area contributed by atoms with Gasteiger partial charge >= 0.3 is 5.97 Å². The minimum Gasteiger partial charge on any atom is -0.480 e. The molecule has 3 N–H and O–H groups in total. The molecule has 0 aromatic rings. The van der Waals surface area contributed by atoms with E-state index in [1.54, 1.807) is 6.92 Å². The zero-order valence-corrected chi connectivity index (χ0v) is 7.59. The van der Waals surface area contributed by atoms with Crippen LogP contribution in [0.25, 0.3) is 0 Å². The van der Waals surface area contributed by atoms with Gasteiger partial charge in [0.2, 0.25) is 0 Å². The summed E-state index contributed by atoms with van der Waals surface area (Å²) in [6, 6.07) is 0. The van der Waals surface area contributed by atoms with Crippen LogP contribution in [0.5, 0.6) is 0 Å². The third-order valence-corrected chi connectivity index (χ3v) is 1.87. The molecule has 2 atom stereocenters. The number of carboxylic acid groups (broad SMARTS) is 1. The van der Waals surface area contributed by atoms with E-state index in [0.717, 1.165) is 0 Å². The fraction of sp³-hybridized carbons (Fsp3) is 0.800. The molecular weight excluding hydrogens is 202 g/mol. The SMILES string of the molecule is CC(S)[C@](C)(N)C(=O)O.[Cu]. The molecule has 65 valence electrons. The van der Waals surface area contributed by atoms with E-state index in [1.807, 2.05) is 0 Å². The third kappa shape index (κ3) is 2.92. The van der Waals surface area contributed by atoms with Gasteiger partial charge in [-0.1, -0.05) is 6.92 Å². The van der Waals surface area contributed by atoms with Gasteiger partial charge in [-0.3, -0.25) is 4.79 Å². The fourth-order valence-corrected chi connectivity index (χ4v) is 0.289. The Morgan fingerprint density at radius 3 is 2.10 bits per heavy atom. The molecule has 0 rings (SSSR count). The number of aliphatic carboxylic acids is 1. The zero-order valence-electron chi connectivity index (χ0n) is 5.76. The predicted octanol–water partition coefficient (Wildman–Crippen LogP) is 0.104. The van der Waals surface area contributed by atoms with Crippen molar-refractivity contribution in [1.82, 2.24) is 0 Å². The minimum atomic E-state index is -1.22. The van der Waals surface area contributed by atoms with Crippen LogP contribution in [0.15, 0.2) is 0 Å². The van der Waals surface area contributed by atoms with Crippen LogP contribution in [0.4, 0.5) is 0 Å². The maximum atomic E-state index is 10.3. The van der Waals surface area contributed by atoms with Crippen molar-refractivity contribution in [3.05, 3.63) is 0 Å². The average Bonchev–Trinajstić information content (AvgIpc) is 1.65. The average molecular weight is 213 g/mol. The monoisotopic (exact) mass is 212 g/mol. The number of carboxylic acids is 1. The Kier molecular flexibility index (Phi) is 5.48. The van der Waals surface area contributed by atoms with Crippen molar-refractivity contribution in [2.75, 3.05) is 0 Å². The first-order valence-corrected chi connectivity index (χ1v) is 3.11. The van der Waals surface area contributed by atoms with E-state index in [9.17, 15) is 4.79 Å². The summed E-state index contributed by atoms with van der Waals surface area (Å²) in [7, 11) is 0. The maximum Gasteiger partial charge on any atom is 0.324 e. The van der Waals surface area contributed by atoms with Crippen LogP contribution in [0.3, 0.4) is 0 Å². The van der Waals surface area contributed by atoms with Crippen molar-refractivity contribution in [1.29, 1.82) is 0 Å². The van der Waals surface area contributed by atoms with Gasteiger partial charge in [0.1, 0.15) is 5.54 Å². The number of carbonyl (C=O) groups is 1. The molecule has 1 unspecified atom stereocenters. The first-order chi connectivity index (χ1) is 3.89. The van der Waals surface area contributed by atoms with Crippen molar-refractivity contribution in [3.63, 3.8) is 0 Å². The number of rotatable bonds is 2. The number of thiol groups is 1. The van der Waals surface area contributed by atoms with E-state index in [0.29, 0.717) is 0 Å². The molecule has 0 bridgehead atoms. The quantitative estimate of drug-likeness (QED) is 0.450. The molecule has 0 amide bonds. The molecule has 0 saturated heterocycles. The van der Waals surface area contributed by atoms with Gasteiger partial charge < -0.3 is 10.8 Å². The van der Waals surface area contributed by atoms with Gasteiger partial charge in [-0.25, -0.2) is 0 Å². The second-order valence-corrected chi connectivity index (χ2v) is 3.04. The summed E-state index contributed by atoms with van der Waals surface area (Å²) in [5.41, 5.74) is 4.11. The van der Waals surface area contributed by atoms with Crippen molar-refractivity contribution < 1.29 is 27.0 Å². The smallest absolute Gasteiger partial charge is 0.324 e. The maximum absolute atomic E-state index is 10.3. The molecule has 3 nitrogen and oxygen atoms in total. The van der Waals surface area contributed by atoms with Crippen LogP contribution in [0, 0.1) is 0 Å². The van der Waals surface area contributed by atoms with Gasteiger partial charge in [0.25, 0.3) is 0 Å². The number of hydrogen-bond donors (Lipinski definition) is 3. The fourth-order valence-electron chi connectivity index (χ4n) is 0.179. The van der Waals surface area contributed by atoms with Crippen LogP contribution in [0.1, 0.15) is 13.8 Å². The topological polar surface area (TPSA) is 63.3 Å². The Bertz CT molecular complexity index is 127. The normalized spacial score (nSPS) is 18.4. The van der Waals surface area contributed by atoms with Gasteiger partial charge in [-0.15, -0.1) is 0 Å². The molecular formula is C5H11CuNO2S. The van der Waals surface area contributed by atoms with Crippen LogP contribution < -0.4 is 5.73 Å². The van der Waals surface area contributed by atoms with E-state index in [1.165, 1.54) is 6.92 Å².